The molecule has 2 aromatic heterocycles. The van der Waals surface area contributed by atoms with Crippen LogP contribution in [0.1, 0.15) is 85.2 Å². The van der Waals surface area contributed by atoms with Gasteiger partial charge in [-0.2, -0.15) is 0 Å². The van der Waals surface area contributed by atoms with Crippen molar-refractivity contribution in [2.45, 2.75) is 73.9 Å². The summed E-state index contributed by atoms with van der Waals surface area (Å²) in [6.45, 7) is 2.38. The molecule has 3 N–H and O–H groups in total. The second-order valence-corrected chi connectivity index (χ2v) is 11.2. The van der Waals surface area contributed by atoms with Gasteiger partial charge in [0.1, 0.15) is 17.2 Å². The molecule has 2 aliphatic carbocycles. The molecule has 3 aliphatic rings. The molecule has 3 aromatic rings. The van der Waals surface area contributed by atoms with Gasteiger partial charge in [-0.15, -0.1) is 11.8 Å². The number of hydrogen-bond donors (Lipinski definition) is 2. The van der Waals surface area contributed by atoms with Gasteiger partial charge in [0, 0.05) is 36.7 Å². The summed E-state index contributed by atoms with van der Waals surface area (Å²) in [6, 6.07) is 6.82. The third-order valence-electron chi connectivity index (χ3n) is 7.60. The standard InChI is InChI=1S/C26H31N5OS/c1-15(32)29-14-16-5-7-18(8-6-16)26-30-22(23-25(27)28-11-12-31(23)26)21-13-19-3-2-4-20(17-9-10-17)24(19)33-21/h2-4,11-12,16-18,21H,5-10,13-14H2,1H3,(H2,27,28)(H,29,32). The SMILES string of the molecule is CC(=O)NCC1CCC(c2nc(C3Cc4cccc(C5CC5)c4S3)c3c(N)nccn23)CC1. The second kappa shape index (κ2) is 8.35. The van der Waals surface area contributed by atoms with Gasteiger partial charge in [-0.3, -0.25) is 9.20 Å². The first-order valence-electron chi connectivity index (χ1n) is 12.2. The summed E-state index contributed by atoms with van der Waals surface area (Å²) in [7, 11) is 0. The van der Waals surface area contributed by atoms with Crippen LogP contribution in [0.15, 0.2) is 35.5 Å². The molecule has 1 aromatic carbocycles. The highest BCUT2D eigenvalue weighted by molar-refractivity contribution is 8.00. The Hall–Kier alpha value is -2.54. The average molecular weight is 462 g/mol. The van der Waals surface area contributed by atoms with Crippen LogP contribution < -0.4 is 11.1 Å². The molecular formula is C26H31N5OS. The van der Waals surface area contributed by atoms with Crippen molar-refractivity contribution in [1.29, 1.82) is 0 Å². The molecule has 2 saturated carbocycles. The molecule has 3 heterocycles. The number of nitrogen functional groups attached to an aromatic ring is 1. The lowest BCUT2D eigenvalue weighted by Gasteiger charge is -2.27. The number of nitrogens with one attached hydrogen (secondary N) is 1. The third kappa shape index (κ3) is 3.90. The van der Waals surface area contributed by atoms with E-state index >= 15 is 0 Å². The largest absolute Gasteiger partial charge is 0.382 e. The molecule has 1 unspecified atom stereocenters. The summed E-state index contributed by atoms with van der Waals surface area (Å²) < 4.78 is 2.21. The minimum absolute atomic E-state index is 0.0592. The van der Waals surface area contributed by atoms with Crippen molar-refractivity contribution < 1.29 is 4.79 Å². The summed E-state index contributed by atoms with van der Waals surface area (Å²) in [5, 5.41) is 3.27. The number of amides is 1. The number of imidazole rings is 1. The van der Waals surface area contributed by atoms with Gasteiger partial charge in [0.05, 0.1) is 10.9 Å². The average Bonchev–Trinajstić information content (AvgIpc) is 3.44. The van der Waals surface area contributed by atoms with E-state index < -0.39 is 0 Å². The zero-order valence-electron chi connectivity index (χ0n) is 19.1. The normalized spacial score (nSPS) is 24.7. The van der Waals surface area contributed by atoms with Crippen molar-refractivity contribution in [3.8, 4) is 0 Å². The highest BCUT2D eigenvalue weighted by atomic mass is 32.2. The van der Waals surface area contributed by atoms with Crippen LogP contribution >= 0.6 is 11.8 Å². The fourth-order valence-corrected chi connectivity index (χ4v) is 7.20. The maximum Gasteiger partial charge on any atom is 0.216 e. The molecule has 0 saturated heterocycles. The van der Waals surface area contributed by atoms with E-state index in [9.17, 15) is 4.79 Å². The number of nitrogens with zero attached hydrogens (tertiary/aromatic N) is 3. The summed E-state index contributed by atoms with van der Waals surface area (Å²) >= 11 is 1.98. The fourth-order valence-electron chi connectivity index (χ4n) is 5.70. The smallest absolute Gasteiger partial charge is 0.216 e. The van der Waals surface area contributed by atoms with Crippen LogP contribution in [0.2, 0.25) is 0 Å². The molecule has 1 amide bonds. The number of rotatable bonds is 5. The summed E-state index contributed by atoms with van der Waals surface area (Å²) in [5.41, 5.74) is 11.5. The highest BCUT2D eigenvalue weighted by Gasteiger charge is 2.35. The van der Waals surface area contributed by atoms with Crippen LogP contribution in [0, 0.1) is 5.92 Å². The first-order chi connectivity index (χ1) is 16.1. The van der Waals surface area contributed by atoms with Crippen LogP contribution in [0.4, 0.5) is 5.82 Å². The molecule has 0 bridgehead atoms. The Kier molecular flexibility index (Phi) is 5.32. The van der Waals surface area contributed by atoms with Crippen LogP contribution in [0.5, 0.6) is 0 Å². The highest BCUT2D eigenvalue weighted by Crippen LogP contribution is 2.54. The summed E-state index contributed by atoms with van der Waals surface area (Å²) in [6.07, 6.45) is 11.9. The Bertz CT molecular complexity index is 1210. The lowest BCUT2D eigenvalue weighted by molar-refractivity contribution is -0.119. The predicted octanol–water partition coefficient (Wildman–Crippen LogP) is 4.99. The molecule has 0 spiro atoms. The Morgan fingerprint density at radius 1 is 1.18 bits per heavy atom. The Morgan fingerprint density at radius 3 is 2.73 bits per heavy atom. The number of thioether (sulfide) groups is 1. The van der Waals surface area contributed by atoms with E-state index in [2.05, 4.69) is 32.9 Å². The molecule has 33 heavy (non-hydrogen) atoms. The van der Waals surface area contributed by atoms with Crippen molar-refractivity contribution in [3.63, 3.8) is 0 Å². The van der Waals surface area contributed by atoms with E-state index in [0.717, 1.165) is 61.6 Å². The topological polar surface area (TPSA) is 85.3 Å². The Labute approximate surface area is 198 Å². The maximum absolute atomic E-state index is 11.3. The second-order valence-electron chi connectivity index (χ2n) is 9.96. The Morgan fingerprint density at radius 2 is 1.97 bits per heavy atom. The Balaban J connectivity index is 1.29. The summed E-state index contributed by atoms with van der Waals surface area (Å²) in [5.74, 6) is 3.49. The quantitative estimate of drug-likeness (QED) is 0.559. The molecule has 1 atom stereocenters. The van der Waals surface area contributed by atoms with Gasteiger partial charge in [0.2, 0.25) is 5.91 Å². The number of nitrogens with two attached hydrogens (primary N) is 1. The first-order valence-corrected chi connectivity index (χ1v) is 13.1. The maximum atomic E-state index is 11.3. The van der Waals surface area contributed by atoms with E-state index in [1.165, 1.54) is 28.9 Å². The number of carbonyl (C=O) groups is 1. The van der Waals surface area contributed by atoms with E-state index in [0.29, 0.717) is 17.7 Å². The first kappa shape index (κ1) is 21.0. The summed E-state index contributed by atoms with van der Waals surface area (Å²) in [4.78, 5) is 22.5. The van der Waals surface area contributed by atoms with E-state index in [1.54, 1.807) is 13.1 Å². The number of benzene rings is 1. The minimum atomic E-state index is 0.0592. The molecule has 2 fully saturated rings. The molecule has 0 radical (unpaired) electrons. The number of hydrogen-bond acceptors (Lipinski definition) is 5. The lowest BCUT2D eigenvalue weighted by Crippen LogP contribution is -2.29. The predicted molar refractivity (Wildman–Crippen MR) is 132 cm³/mol. The van der Waals surface area contributed by atoms with Crippen LogP contribution in [-0.4, -0.2) is 26.8 Å². The van der Waals surface area contributed by atoms with Crippen molar-refractivity contribution in [2.75, 3.05) is 12.3 Å². The zero-order chi connectivity index (χ0) is 22.5. The molecule has 7 heteroatoms. The van der Waals surface area contributed by atoms with Gasteiger partial charge in [-0.25, -0.2) is 9.97 Å². The van der Waals surface area contributed by atoms with Gasteiger partial charge in [-0.1, -0.05) is 18.2 Å². The van der Waals surface area contributed by atoms with Crippen molar-refractivity contribution in [2.24, 2.45) is 5.92 Å². The molecular weight excluding hydrogens is 430 g/mol. The molecule has 172 valence electrons. The van der Waals surface area contributed by atoms with Gasteiger partial charge in [0.25, 0.3) is 0 Å². The zero-order valence-corrected chi connectivity index (χ0v) is 19.9. The minimum Gasteiger partial charge on any atom is -0.382 e. The van der Waals surface area contributed by atoms with Crippen LogP contribution in [-0.2, 0) is 11.2 Å². The number of anilines is 1. The fraction of sp³-hybridized carbons (Fsp3) is 0.500. The molecule has 6 nitrogen and oxygen atoms in total. The van der Waals surface area contributed by atoms with Gasteiger partial charge in [-0.05, 0) is 67.9 Å². The van der Waals surface area contributed by atoms with Gasteiger partial charge >= 0.3 is 0 Å². The van der Waals surface area contributed by atoms with Crippen LogP contribution in [0.25, 0.3) is 5.52 Å². The molecule has 1 aliphatic heterocycles. The van der Waals surface area contributed by atoms with Gasteiger partial charge in [0.15, 0.2) is 0 Å². The van der Waals surface area contributed by atoms with Gasteiger partial charge < -0.3 is 11.1 Å². The number of aromatic nitrogens is 3. The van der Waals surface area contributed by atoms with E-state index in [1.807, 2.05) is 18.0 Å². The number of carbonyl (C=O) groups excluding carboxylic acids is 1. The van der Waals surface area contributed by atoms with E-state index in [-0.39, 0.29) is 11.2 Å². The van der Waals surface area contributed by atoms with Crippen molar-refractivity contribution >= 4 is 29.0 Å². The van der Waals surface area contributed by atoms with E-state index in [4.69, 9.17) is 10.7 Å². The van der Waals surface area contributed by atoms with Crippen LogP contribution in [0.3, 0.4) is 0 Å². The molecule has 6 rings (SSSR count). The van der Waals surface area contributed by atoms with Crippen molar-refractivity contribution in [1.82, 2.24) is 19.7 Å². The number of fused-ring (bicyclic) bond motifs is 2. The third-order valence-corrected chi connectivity index (χ3v) is 9.01. The van der Waals surface area contributed by atoms with Crippen molar-refractivity contribution in [3.05, 3.63) is 53.2 Å². The monoisotopic (exact) mass is 461 g/mol. The lowest BCUT2D eigenvalue weighted by atomic mass is 9.81.